The van der Waals surface area contributed by atoms with Crippen molar-refractivity contribution in [2.24, 2.45) is 11.3 Å². The van der Waals surface area contributed by atoms with Crippen LogP contribution in [0.3, 0.4) is 0 Å². The summed E-state index contributed by atoms with van der Waals surface area (Å²) in [5, 5.41) is -0.313. The molecule has 0 saturated heterocycles. The summed E-state index contributed by atoms with van der Waals surface area (Å²) in [6, 6.07) is 0. The summed E-state index contributed by atoms with van der Waals surface area (Å²) in [6.07, 6.45) is 4.57. The van der Waals surface area contributed by atoms with Crippen molar-refractivity contribution in [3.05, 3.63) is 0 Å². The van der Waals surface area contributed by atoms with E-state index in [4.69, 9.17) is 10.7 Å². The van der Waals surface area contributed by atoms with Gasteiger partial charge < -0.3 is 0 Å². The first-order valence-electron chi connectivity index (χ1n) is 5.65. The molecule has 0 N–H and O–H groups in total. The maximum absolute atomic E-state index is 11.3. The minimum atomic E-state index is -3.35. The fraction of sp³-hybridized carbons (Fsp3) is 1.00. The summed E-state index contributed by atoms with van der Waals surface area (Å²) in [4.78, 5) is 0. The van der Waals surface area contributed by atoms with Gasteiger partial charge in [-0.3, -0.25) is 0 Å². The minimum absolute atomic E-state index is 0.283. The molecule has 2 nitrogen and oxygen atoms in total. The zero-order valence-corrected chi connectivity index (χ0v) is 11.4. The monoisotopic (exact) mass is 252 g/mol. The van der Waals surface area contributed by atoms with Gasteiger partial charge in [-0.1, -0.05) is 27.2 Å². The Morgan fingerprint density at radius 1 is 1.07 bits per heavy atom. The van der Waals surface area contributed by atoms with Crippen molar-refractivity contribution in [2.45, 2.75) is 58.1 Å². The molecule has 0 aliphatic heterocycles. The number of hydrogen-bond donors (Lipinski definition) is 0. The van der Waals surface area contributed by atoms with Crippen molar-refractivity contribution in [3.63, 3.8) is 0 Å². The van der Waals surface area contributed by atoms with Crippen LogP contribution < -0.4 is 0 Å². The van der Waals surface area contributed by atoms with Gasteiger partial charge in [-0.2, -0.15) is 0 Å². The number of halogens is 1. The highest BCUT2D eigenvalue weighted by molar-refractivity contribution is 8.14. The Balaban J connectivity index is 2.65. The van der Waals surface area contributed by atoms with E-state index in [0.717, 1.165) is 32.1 Å². The quantitative estimate of drug-likeness (QED) is 0.528. The molecule has 2 atom stereocenters. The van der Waals surface area contributed by atoms with E-state index in [2.05, 4.69) is 20.8 Å². The van der Waals surface area contributed by atoms with E-state index >= 15 is 0 Å². The van der Waals surface area contributed by atoms with Gasteiger partial charge in [0.15, 0.2) is 0 Å². The second kappa shape index (κ2) is 4.62. The van der Waals surface area contributed by atoms with Crippen LogP contribution in [0, 0.1) is 11.3 Å². The van der Waals surface area contributed by atoms with Crippen molar-refractivity contribution in [1.82, 2.24) is 0 Å². The molecule has 1 saturated carbocycles. The van der Waals surface area contributed by atoms with Crippen LogP contribution in [-0.4, -0.2) is 13.7 Å². The highest BCUT2D eigenvalue weighted by Gasteiger charge is 2.31. The molecule has 1 aliphatic carbocycles. The molecule has 90 valence electrons. The Hall–Kier alpha value is 0.240. The molecule has 0 aromatic rings. The van der Waals surface area contributed by atoms with Gasteiger partial charge in [0, 0.05) is 10.7 Å². The van der Waals surface area contributed by atoms with Crippen LogP contribution in [0.1, 0.15) is 52.9 Å². The van der Waals surface area contributed by atoms with E-state index in [1.54, 1.807) is 0 Å². The molecule has 15 heavy (non-hydrogen) atoms. The number of hydrogen-bond acceptors (Lipinski definition) is 2. The largest absolute Gasteiger partial charge is 0.235 e. The van der Waals surface area contributed by atoms with Crippen molar-refractivity contribution in [1.29, 1.82) is 0 Å². The third-order valence-corrected chi connectivity index (χ3v) is 5.56. The van der Waals surface area contributed by atoms with E-state index in [1.807, 2.05) is 0 Å². The first-order valence-corrected chi connectivity index (χ1v) is 8.02. The third-order valence-electron chi connectivity index (χ3n) is 3.54. The fourth-order valence-corrected chi connectivity index (χ4v) is 3.82. The topological polar surface area (TPSA) is 34.1 Å². The molecule has 0 amide bonds. The molecular formula is C11H21ClO2S. The minimum Gasteiger partial charge on any atom is -0.212 e. The van der Waals surface area contributed by atoms with E-state index < -0.39 is 9.05 Å². The Labute approximate surface area is 97.8 Å². The Kier molecular flexibility index (Phi) is 4.10. The Morgan fingerprint density at radius 3 is 2.13 bits per heavy atom. The SMILES string of the molecule is CC(C)(C)C1CCCC(S(=O)(=O)Cl)CC1. The van der Waals surface area contributed by atoms with Gasteiger partial charge in [-0.15, -0.1) is 0 Å². The van der Waals surface area contributed by atoms with Gasteiger partial charge in [0.1, 0.15) is 0 Å². The third kappa shape index (κ3) is 3.95. The van der Waals surface area contributed by atoms with Crippen LogP contribution in [0.25, 0.3) is 0 Å². The maximum Gasteiger partial charge on any atom is 0.235 e. The van der Waals surface area contributed by atoms with Crippen LogP contribution in [0.15, 0.2) is 0 Å². The summed E-state index contributed by atoms with van der Waals surface area (Å²) in [5.74, 6) is 0.626. The first kappa shape index (κ1) is 13.3. The standard InChI is InChI=1S/C11H21ClO2S/c1-11(2,3)9-5-4-6-10(8-7-9)15(12,13)14/h9-10H,4-8H2,1-3H3. The molecule has 1 aliphatic rings. The van der Waals surface area contributed by atoms with Crippen molar-refractivity contribution >= 4 is 19.7 Å². The maximum atomic E-state index is 11.3. The normalized spacial score (nSPS) is 29.9. The second-order valence-corrected chi connectivity index (χ2v) is 8.58. The van der Waals surface area contributed by atoms with E-state index in [-0.39, 0.29) is 10.7 Å². The summed E-state index contributed by atoms with van der Waals surface area (Å²) in [7, 11) is 2.07. The predicted molar refractivity (Wildman–Crippen MR) is 64.6 cm³/mol. The summed E-state index contributed by atoms with van der Waals surface area (Å²) < 4.78 is 22.5. The molecule has 0 heterocycles. The summed E-state index contributed by atoms with van der Waals surface area (Å²) in [5.41, 5.74) is 0.283. The molecular weight excluding hydrogens is 232 g/mol. The first-order chi connectivity index (χ1) is 6.71. The Bertz CT molecular complexity index is 303. The lowest BCUT2D eigenvalue weighted by Gasteiger charge is -2.29. The van der Waals surface area contributed by atoms with Gasteiger partial charge in [0.2, 0.25) is 9.05 Å². The van der Waals surface area contributed by atoms with Crippen molar-refractivity contribution < 1.29 is 8.42 Å². The van der Waals surface area contributed by atoms with Gasteiger partial charge in [-0.05, 0) is 37.0 Å². The predicted octanol–water partition coefficient (Wildman–Crippen LogP) is 3.55. The van der Waals surface area contributed by atoms with E-state index in [9.17, 15) is 8.42 Å². The van der Waals surface area contributed by atoms with Crippen molar-refractivity contribution in [2.75, 3.05) is 0 Å². The van der Waals surface area contributed by atoms with Crippen LogP contribution in [0.4, 0.5) is 0 Å². The number of rotatable bonds is 1. The fourth-order valence-electron chi connectivity index (χ4n) is 2.42. The van der Waals surface area contributed by atoms with Crippen LogP contribution in [-0.2, 0) is 9.05 Å². The lowest BCUT2D eigenvalue weighted by atomic mass is 9.76. The van der Waals surface area contributed by atoms with Crippen LogP contribution in [0.5, 0.6) is 0 Å². The summed E-state index contributed by atoms with van der Waals surface area (Å²) in [6.45, 7) is 6.69. The van der Waals surface area contributed by atoms with Gasteiger partial charge in [0.05, 0.1) is 5.25 Å². The average molecular weight is 253 g/mol. The summed E-state index contributed by atoms with van der Waals surface area (Å²) >= 11 is 0. The zero-order valence-electron chi connectivity index (χ0n) is 9.79. The zero-order chi connectivity index (χ0) is 11.7. The van der Waals surface area contributed by atoms with E-state index in [0.29, 0.717) is 5.92 Å². The molecule has 0 spiro atoms. The molecule has 0 aromatic heterocycles. The van der Waals surface area contributed by atoms with E-state index in [1.165, 1.54) is 0 Å². The average Bonchev–Trinajstić information content (AvgIpc) is 2.24. The van der Waals surface area contributed by atoms with Gasteiger partial charge in [0.25, 0.3) is 0 Å². The van der Waals surface area contributed by atoms with Crippen LogP contribution >= 0.6 is 10.7 Å². The molecule has 2 unspecified atom stereocenters. The molecule has 1 rings (SSSR count). The molecule has 0 aromatic carbocycles. The highest BCUT2D eigenvalue weighted by Crippen LogP contribution is 2.38. The molecule has 0 bridgehead atoms. The second-order valence-electron chi connectivity index (χ2n) is 5.67. The Morgan fingerprint density at radius 2 is 1.67 bits per heavy atom. The lowest BCUT2D eigenvalue weighted by molar-refractivity contribution is 0.215. The van der Waals surface area contributed by atoms with Crippen molar-refractivity contribution in [3.8, 4) is 0 Å². The van der Waals surface area contributed by atoms with Gasteiger partial charge in [-0.25, -0.2) is 8.42 Å². The molecule has 4 heteroatoms. The molecule has 0 radical (unpaired) electrons. The smallest absolute Gasteiger partial charge is 0.212 e. The molecule has 1 fully saturated rings. The van der Waals surface area contributed by atoms with Crippen LogP contribution in [0.2, 0.25) is 0 Å². The lowest BCUT2D eigenvalue weighted by Crippen LogP contribution is -2.20. The van der Waals surface area contributed by atoms with Gasteiger partial charge >= 0.3 is 0 Å². The highest BCUT2D eigenvalue weighted by atomic mass is 35.7.